The standard InChI is InChI=1S/C51H94O14P2/c1-4-37-47(52)39-34-30-26-22-18-14-12-16-19-23-27-31-35-40-50(54)61-44-49(45-64-67(59,60)63-43-48(53)42-62-66(56,57)58)65-51(55)41-36-32-28-24-20-15-11-9-7-6-8-10-13-17-21-25-29-33-38-46(3)5-2/h12,16,18,22-23,27,30,34,46-49,52-53H,4-11,13-15,17,19-21,24-26,28-29,31-33,35-45H2,1-3H3,(H,59,60)(H2,56,57,58)/b16-12-,22-18-,27-23-,34-30-/t46?,47?,48-,49+/m0/s1. The first-order valence-electron chi connectivity index (χ1n) is 25.8. The number of phosphoric ester groups is 2. The van der Waals surface area contributed by atoms with Crippen LogP contribution in [-0.4, -0.2) is 81.6 Å². The van der Waals surface area contributed by atoms with Gasteiger partial charge < -0.3 is 34.4 Å². The van der Waals surface area contributed by atoms with Gasteiger partial charge in [0.05, 0.1) is 25.9 Å². The Balaban J connectivity index is 4.47. The van der Waals surface area contributed by atoms with Crippen LogP contribution >= 0.6 is 15.6 Å². The summed E-state index contributed by atoms with van der Waals surface area (Å²) in [5, 5.41) is 19.5. The summed E-state index contributed by atoms with van der Waals surface area (Å²) >= 11 is 0. The average molecular weight is 993 g/mol. The highest BCUT2D eigenvalue weighted by Crippen LogP contribution is 2.44. The van der Waals surface area contributed by atoms with Crippen LogP contribution in [0.15, 0.2) is 48.6 Å². The van der Waals surface area contributed by atoms with Gasteiger partial charge in [-0.15, -0.1) is 0 Å². The maximum absolute atomic E-state index is 12.7. The van der Waals surface area contributed by atoms with E-state index in [-0.39, 0.29) is 18.9 Å². The molecule has 0 saturated heterocycles. The Morgan fingerprint density at radius 1 is 0.507 bits per heavy atom. The van der Waals surface area contributed by atoms with Crippen molar-refractivity contribution in [3.63, 3.8) is 0 Å². The molecule has 3 unspecified atom stereocenters. The molecule has 392 valence electrons. The van der Waals surface area contributed by atoms with E-state index in [1.807, 2.05) is 18.2 Å². The molecule has 5 atom stereocenters. The summed E-state index contributed by atoms with van der Waals surface area (Å²) in [5.41, 5.74) is 0. The largest absolute Gasteiger partial charge is 0.472 e. The monoisotopic (exact) mass is 993 g/mol. The number of hydrogen-bond donors (Lipinski definition) is 5. The van der Waals surface area contributed by atoms with Crippen LogP contribution in [0.25, 0.3) is 0 Å². The summed E-state index contributed by atoms with van der Waals surface area (Å²) in [6.45, 7) is 3.91. The second-order valence-electron chi connectivity index (χ2n) is 17.9. The van der Waals surface area contributed by atoms with Crippen molar-refractivity contribution in [3.8, 4) is 0 Å². The summed E-state index contributed by atoms with van der Waals surface area (Å²) in [6, 6.07) is 0. The predicted octanol–water partition coefficient (Wildman–Crippen LogP) is 13.0. The topological polar surface area (TPSA) is 216 Å². The second kappa shape index (κ2) is 45.2. The van der Waals surface area contributed by atoms with Crippen LogP contribution in [0.3, 0.4) is 0 Å². The smallest absolute Gasteiger partial charge is 0.462 e. The Bertz CT molecular complexity index is 1400. The molecule has 0 rings (SSSR count). The molecule has 0 aromatic heterocycles. The second-order valence-corrected chi connectivity index (χ2v) is 20.6. The third kappa shape index (κ3) is 48.8. The molecule has 0 amide bonds. The lowest BCUT2D eigenvalue weighted by atomic mass is 9.99. The van der Waals surface area contributed by atoms with Crippen molar-refractivity contribution in [1.82, 2.24) is 0 Å². The number of allylic oxidation sites excluding steroid dienone is 7. The first-order chi connectivity index (χ1) is 32.2. The Labute approximate surface area is 405 Å². The number of carbonyl (C=O) groups excluding carboxylic acids is 2. The molecule has 0 aliphatic carbocycles. The van der Waals surface area contributed by atoms with Gasteiger partial charge in [0.15, 0.2) is 6.10 Å². The minimum Gasteiger partial charge on any atom is -0.462 e. The third-order valence-electron chi connectivity index (χ3n) is 11.3. The number of esters is 2. The van der Waals surface area contributed by atoms with Crippen molar-refractivity contribution in [2.24, 2.45) is 5.92 Å². The molecule has 0 fully saturated rings. The molecule has 5 N–H and O–H groups in total. The highest BCUT2D eigenvalue weighted by atomic mass is 31.2. The number of carbonyl (C=O) groups is 2. The first kappa shape index (κ1) is 65.0. The van der Waals surface area contributed by atoms with Gasteiger partial charge in [-0.1, -0.05) is 198 Å². The van der Waals surface area contributed by atoms with Crippen LogP contribution in [0.2, 0.25) is 0 Å². The molecule has 0 aromatic rings. The zero-order valence-corrected chi connectivity index (χ0v) is 43.6. The summed E-state index contributed by atoms with van der Waals surface area (Å²) < 4.78 is 47.9. The van der Waals surface area contributed by atoms with Crippen molar-refractivity contribution < 1.29 is 66.7 Å². The van der Waals surface area contributed by atoms with E-state index in [2.05, 4.69) is 55.7 Å². The molecule has 0 saturated carbocycles. The number of aliphatic hydroxyl groups excluding tert-OH is 2. The van der Waals surface area contributed by atoms with Crippen LogP contribution in [0.4, 0.5) is 0 Å². The minimum absolute atomic E-state index is 0.105. The molecule has 0 heterocycles. The lowest BCUT2D eigenvalue weighted by Crippen LogP contribution is -2.30. The molecule has 0 aliphatic rings. The number of ether oxygens (including phenoxy) is 2. The maximum Gasteiger partial charge on any atom is 0.472 e. The van der Waals surface area contributed by atoms with Crippen LogP contribution < -0.4 is 0 Å². The molecular weight excluding hydrogens is 898 g/mol. The van der Waals surface area contributed by atoms with Crippen LogP contribution in [0, 0.1) is 5.92 Å². The minimum atomic E-state index is -4.88. The summed E-state index contributed by atoms with van der Waals surface area (Å²) in [7, 11) is -9.71. The molecule has 16 heteroatoms. The quantitative estimate of drug-likeness (QED) is 0.0166. The van der Waals surface area contributed by atoms with Crippen molar-refractivity contribution in [2.45, 2.75) is 232 Å². The van der Waals surface area contributed by atoms with Crippen molar-refractivity contribution >= 4 is 27.6 Å². The molecule has 0 radical (unpaired) electrons. The van der Waals surface area contributed by atoms with Gasteiger partial charge in [0.2, 0.25) is 0 Å². The fourth-order valence-electron chi connectivity index (χ4n) is 7.04. The van der Waals surface area contributed by atoms with E-state index < -0.39 is 66.2 Å². The van der Waals surface area contributed by atoms with Gasteiger partial charge in [0.1, 0.15) is 12.7 Å². The molecule has 67 heavy (non-hydrogen) atoms. The Morgan fingerprint density at radius 2 is 0.955 bits per heavy atom. The zero-order valence-electron chi connectivity index (χ0n) is 41.8. The predicted molar refractivity (Wildman–Crippen MR) is 268 cm³/mol. The number of hydrogen-bond acceptors (Lipinski definition) is 11. The lowest BCUT2D eigenvalue weighted by molar-refractivity contribution is -0.161. The lowest BCUT2D eigenvalue weighted by Gasteiger charge is -2.20. The van der Waals surface area contributed by atoms with Crippen LogP contribution in [0.1, 0.15) is 213 Å². The van der Waals surface area contributed by atoms with Gasteiger partial charge in [-0.3, -0.25) is 23.2 Å². The van der Waals surface area contributed by atoms with E-state index in [9.17, 15) is 33.8 Å². The molecule has 0 aliphatic heterocycles. The highest BCUT2D eigenvalue weighted by molar-refractivity contribution is 7.47. The van der Waals surface area contributed by atoms with Crippen molar-refractivity contribution in [2.75, 3.05) is 26.4 Å². The van der Waals surface area contributed by atoms with Crippen molar-refractivity contribution in [1.29, 1.82) is 0 Å². The van der Waals surface area contributed by atoms with E-state index in [0.29, 0.717) is 25.7 Å². The number of unbranched alkanes of at least 4 members (excludes halogenated alkanes) is 18. The molecule has 0 spiro atoms. The van der Waals surface area contributed by atoms with Gasteiger partial charge in [-0.2, -0.15) is 0 Å². The van der Waals surface area contributed by atoms with Gasteiger partial charge in [-0.05, 0) is 57.3 Å². The van der Waals surface area contributed by atoms with Gasteiger partial charge in [0.25, 0.3) is 0 Å². The normalized spacial score (nSPS) is 15.2. The molecule has 0 aromatic carbocycles. The fourth-order valence-corrected chi connectivity index (χ4v) is 8.20. The Kier molecular flexibility index (Phi) is 43.9. The number of aliphatic hydroxyl groups is 2. The summed E-state index contributed by atoms with van der Waals surface area (Å²) in [5.74, 6) is -0.232. The Morgan fingerprint density at radius 3 is 1.46 bits per heavy atom. The van der Waals surface area contributed by atoms with E-state index in [0.717, 1.165) is 57.3 Å². The van der Waals surface area contributed by atoms with Gasteiger partial charge >= 0.3 is 27.6 Å². The first-order valence-corrected chi connectivity index (χ1v) is 28.8. The summed E-state index contributed by atoms with van der Waals surface area (Å²) in [6.07, 6.45) is 44.5. The number of phosphoric acid groups is 2. The number of rotatable bonds is 48. The van der Waals surface area contributed by atoms with Crippen LogP contribution in [0.5, 0.6) is 0 Å². The molecule has 14 nitrogen and oxygen atoms in total. The third-order valence-corrected chi connectivity index (χ3v) is 12.7. The van der Waals surface area contributed by atoms with E-state index in [1.54, 1.807) is 0 Å². The van der Waals surface area contributed by atoms with E-state index in [1.165, 1.54) is 103 Å². The van der Waals surface area contributed by atoms with Gasteiger partial charge in [-0.25, -0.2) is 9.13 Å². The van der Waals surface area contributed by atoms with Crippen molar-refractivity contribution in [3.05, 3.63) is 48.6 Å². The Hall–Kier alpha value is -1.96. The zero-order chi connectivity index (χ0) is 49.7. The van der Waals surface area contributed by atoms with E-state index >= 15 is 0 Å². The van der Waals surface area contributed by atoms with Gasteiger partial charge in [0, 0.05) is 12.8 Å². The maximum atomic E-state index is 12.7. The molecular formula is C51H94O14P2. The summed E-state index contributed by atoms with van der Waals surface area (Å²) in [4.78, 5) is 52.9. The fraction of sp³-hybridized carbons (Fsp3) is 0.804. The highest BCUT2D eigenvalue weighted by Gasteiger charge is 2.28. The molecule has 0 bridgehead atoms. The average Bonchev–Trinajstić information content (AvgIpc) is 3.28. The van der Waals surface area contributed by atoms with Crippen LogP contribution in [-0.2, 0) is 41.8 Å². The SMILES string of the molecule is CCCC(O)C/C=C\C/C=C\C/C=C\C/C=C\CCCC(=O)OC[C@H](COP(=O)(O)OC[C@@H](O)COP(=O)(O)O)OC(=O)CCCCCCCCCCCCCCCCCCCCC(C)CC. The van der Waals surface area contributed by atoms with E-state index in [4.69, 9.17) is 28.3 Å².